The van der Waals surface area contributed by atoms with E-state index in [-0.39, 0.29) is 5.91 Å². The van der Waals surface area contributed by atoms with Crippen molar-refractivity contribution in [3.05, 3.63) is 65.5 Å². The molecule has 3 rings (SSSR count). The Morgan fingerprint density at radius 2 is 1.81 bits per heavy atom. The monoisotopic (exact) mass is 526 g/mol. The third-order valence-electron chi connectivity index (χ3n) is 4.81. The fraction of sp³-hybridized carbons (Fsp3) is 0.308. The molecule has 8 nitrogen and oxygen atoms in total. The predicted octanol–water partition coefficient (Wildman–Crippen LogP) is 5.65. The Labute approximate surface area is 219 Å². The highest BCUT2D eigenvalue weighted by Gasteiger charge is 2.23. The molecule has 2 aromatic carbocycles. The van der Waals surface area contributed by atoms with Gasteiger partial charge >= 0.3 is 6.09 Å². The first-order chi connectivity index (χ1) is 17.1. The second-order valence-corrected chi connectivity index (χ2v) is 10.8. The predicted molar refractivity (Wildman–Crippen MR) is 147 cm³/mol. The molecule has 0 aliphatic carbocycles. The van der Waals surface area contributed by atoms with Gasteiger partial charge in [-0.1, -0.05) is 36.4 Å². The van der Waals surface area contributed by atoms with Crippen LogP contribution in [-0.2, 0) is 9.53 Å². The molecule has 0 radical (unpaired) electrons. The molecule has 1 heterocycles. The SMILES string of the molecule is CSCCC(NC(=O)c1cccc(NC(=O)OC(C)(C)C)c1)C(=O)Nc1nc(-c2ccccc2)cs1. The van der Waals surface area contributed by atoms with Crippen molar-refractivity contribution in [3.8, 4) is 11.3 Å². The van der Waals surface area contributed by atoms with Crippen LogP contribution in [0.4, 0.5) is 15.6 Å². The number of hydrogen-bond donors (Lipinski definition) is 3. The summed E-state index contributed by atoms with van der Waals surface area (Å²) in [5.74, 6) is -0.0752. The molecule has 3 N–H and O–H groups in total. The highest BCUT2D eigenvalue weighted by atomic mass is 32.2. The van der Waals surface area contributed by atoms with Crippen molar-refractivity contribution < 1.29 is 19.1 Å². The van der Waals surface area contributed by atoms with Gasteiger partial charge < -0.3 is 15.4 Å². The first kappa shape index (κ1) is 27.2. The van der Waals surface area contributed by atoms with Crippen LogP contribution < -0.4 is 16.0 Å². The Morgan fingerprint density at radius 3 is 2.50 bits per heavy atom. The molecule has 0 aliphatic rings. The van der Waals surface area contributed by atoms with Gasteiger partial charge in [-0.3, -0.25) is 14.9 Å². The Bertz CT molecular complexity index is 1190. The van der Waals surface area contributed by atoms with Crippen LogP contribution in [0, 0.1) is 0 Å². The minimum absolute atomic E-state index is 0.311. The second-order valence-electron chi connectivity index (χ2n) is 8.91. The average Bonchev–Trinajstić information content (AvgIpc) is 3.29. The van der Waals surface area contributed by atoms with Gasteiger partial charge in [0.1, 0.15) is 11.6 Å². The Balaban J connectivity index is 1.66. The molecule has 0 aliphatic heterocycles. The maximum absolute atomic E-state index is 13.0. The molecule has 0 saturated carbocycles. The number of carbonyl (C=O) groups excluding carboxylic acids is 3. The number of thioether (sulfide) groups is 1. The van der Waals surface area contributed by atoms with E-state index < -0.39 is 23.6 Å². The molecule has 0 saturated heterocycles. The van der Waals surface area contributed by atoms with Crippen molar-refractivity contribution in [1.29, 1.82) is 0 Å². The topological polar surface area (TPSA) is 109 Å². The zero-order chi connectivity index (χ0) is 26.1. The highest BCUT2D eigenvalue weighted by Crippen LogP contribution is 2.25. The van der Waals surface area contributed by atoms with Crippen molar-refractivity contribution >= 4 is 51.8 Å². The van der Waals surface area contributed by atoms with E-state index in [1.807, 2.05) is 42.0 Å². The van der Waals surface area contributed by atoms with Crippen LogP contribution in [-0.4, -0.2) is 46.5 Å². The molecular formula is C26H30N4O4S2. The van der Waals surface area contributed by atoms with Crippen LogP contribution in [0.25, 0.3) is 11.3 Å². The molecular weight excluding hydrogens is 496 g/mol. The Hall–Kier alpha value is -3.37. The number of aromatic nitrogens is 1. The zero-order valence-electron chi connectivity index (χ0n) is 20.7. The number of thiazole rings is 1. The minimum atomic E-state index is -0.753. The number of hydrogen-bond acceptors (Lipinski definition) is 7. The molecule has 1 aromatic heterocycles. The summed E-state index contributed by atoms with van der Waals surface area (Å²) in [5, 5.41) is 10.6. The lowest BCUT2D eigenvalue weighted by atomic mass is 10.1. The van der Waals surface area contributed by atoms with Gasteiger partial charge in [0.15, 0.2) is 5.13 Å². The van der Waals surface area contributed by atoms with E-state index in [0.29, 0.717) is 28.6 Å². The van der Waals surface area contributed by atoms with Gasteiger partial charge in [-0.05, 0) is 57.4 Å². The first-order valence-corrected chi connectivity index (χ1v) is 13.6. The Morgan fingerprint density at radius 1 is 1.06 bits per heavy atom. The number of ether oxygens (including phenoxy) is 1. The number of benzene rings is 2. The largest absolute Gasteiger partial charge is 0.444 e. The molecule has 36 heavy (non-hydrogen) atoms. The summed E-state index contributed by atoms with van der Waals surface area (Å²) in [6.45, 7) is 5.30. The van der Waals surface area contributed by atoms with E-state index in [1.165, 1.54) is 17.4 Å². The van der Waals surface area contributed by atoms with Crippen LogP contribution in [0.3, 0.4) is 0 Å². The van der Waals surface area contributed by atoms with Crippen LogP contribution in [0.1, 0.15) is 37.6 Å². The van der Waals surface area contributed by atoms with Gasteiger partial charge in [-0.25, -0.2) is 9.78 Å². The van der Waals surface area contributed by atoms with Crippen molar-refractivity contribution in [2.24, 2.45) is 0 Å². The fourth-order valence-corrected chi connectivity index (χ4v) is 4.36. The molecule has 3 aromatic rings. The van der Waals surface area contributed by atoms with E-state index in [0.717, 1.165) is 11.3 Å². The van der Waals surface area contributed by atoms with Gasteiger partial charge in [0.05, 0.1) is 5.69 Å². The zero-order valence-corrected chi connectivity index (χ0v) is 22.3. The van der Waals surface area contributed by atoms with E-state index in [9.17, 15) is 14.4 Å². The average molecular weight is 527 g/mol. The van der Waals surface area contributed by atoms with Crippen LogP contribution in [0.5, 0.6) is 0 Å². The smallest absolute Gasteiger partial charge is 0.412 e. The van der Waals surface area contributed by atoms with Crippen LogP contribution in [0.2, 0.25) is 0 Å². The molecule has 1 unspecified atom stereocenters. The van der Waals surface area contributed by atoms with Crippen LogP contribution in [0.15, 0.2) is 60.0 Å². The summed E-state index contributed by atoms with van der Waals surface area (Å²) in [6.07, 6.45) is 1.77. The molecule has 0 bridgehead atoms. The van der Waals surface area contributed by atoms with Gasteiger partial charge in [0, 0.05) is 22.2 Å². The molecule has 10 heteroatoms. The molecule has 3 amide bonds. The molecule has 1 atom stereocenters. The Kier molecular flexibility index (Phi) is 9.49. The maximum Gasteiger partial charge on any atom is 0.412 e. The third-order valence-corrected chi connectivity index (χ3v) is 6.21. The fourth-order valence-electron chi connectivity index (χ4n) is 3.17. The number of amides is 3. The van der Waals surface area contributed by atoms with Crippen molar-refractivity contribution in [2.45, 2.75) is 38.8 Å². The van der Waals surface area contributed by atoms with E-state index >= 15 is 0 Å². The van der Waals surface area contributed by atoms with E-state index in [2.05, 4.69) is 20.9 Å². The summed E-state index contributed by atoms with van der Waals surface area (Å²) >= 11 is 2.91. The third kappa shape index (κ3) is 8.39. The summed E-state index contributed by atoms with van der Waals surface area (Å²) in [5.41, 5.74) is 1.82. The van der Waals surface area contributed by atoms with Crippen LogP contribution >= 0.6 is 23.1 Å². The lowest BCUT2D eigenvalue weighted by Crippen LogP contribution is -2.44. The summed E-state index contributed by atoms with van der Waals surface area (Å²) in [6, 6.07) is 15.4. The lowest BCUT2D eigenvalue weighted by Gasteiger charge is -2.20. The lowest BCUT2D eigenvalue weighted by molar-refractivity contribution is -0.118. The quantitative estimate of drug-likeness (QED) is 0.333. The highest BCUT2D eigenvalue weighted by molar-refractivity contribution is 7.98. The number of anilines is 2. The van der Waals surface area contributed by atoms with Crippen molar-refractivity contribution in [2.75, 3.05) is 22.6 Å². The van der Waals surface area contributed by atoms with Crippen molar-refractivity contribution in [1.82, 2.24) is 10.3 Å². The normalized spacial score (nSPS) is 11.9. The summed E-state index contributed by atoms with van der Waals surface area (Å²) in [7, 11) is 0. The van der Waals surface area contributed by atoms with Gasteiger partial charge in [0.25, 0.3) is 5.91 Å². The minimum Gasteiger partial charge on any atom is -0.444 e. The second kappa shape index (κ2) is 12.5. The first-order valence-electron chi connectivity index (χ1n) is 11.4. The van der Waals surface area contributed by atoms with E-state index in [4.69, 9.17) is 4.74 Å². The number of carbonyl (C=O) groups is 3. The summed E-state index contributed by atoms with van der Waals surface area (Å²) in [4.78, 5) is 42.6. The maximum atomic E-state index is 13.0. The number of nitrogens with one attached hydrogen (secondary N) is 3. The van der Waals surface area contributed by atoms with Crippen molar-refractivity contribution in [3.63, 3.8) is 0 Å². The molecule has 0 spiro atoms. The van der Waals surface area contributed by atoms with Gasteiger partial charge in [0.2, 0.25) is 5.91 Å². The number of nitrogens with zero attached hydrogens (tertiary/aromatic N) is 1. The molecule has 190 valence electrons. The van der Waals surface area contributed by atoms with E-state index in [1.54, 1.807) is 50.7 Å². The summed E-state index contributed by atoms with van der Waals surface area (Å²) < 4.78 is 5.26. The molecule has 0 fully saturated rings. The van der Waals surface area contributed by atoms with Gasteiger partial charge in [-0.15, -0.1) is 11.3 Å². The number of rotatable bonds is 9. The van der Waals surface area contributed by atoms with Gasteiger partial charge in [-0.2, -0.15) is 11.8 Å². The standard InChI is InChI=1S/C26H30N4O4S2/c1-26(2,3)34-25(33)27-19-12-8-11-18(15-19)22(31)28-20(13-14-35-4)23(32)30-24-29-21(16-36-24)17-9-6-5-7-10-17/h5-12,15-16,20H,13-14H2,1-4H3,(H,27,33)(H,28,31)(H,29,30,32).